The quantitative estimate of drug-likeness (QED) is 0.410. The molecular weight excluding hydrogens is 542 g/mol. The fraction of sp³-hybridized carbons (Fsp3) is 0.577. The van der Waals surface area contributed by atoms with Crippen molar-refractivity contribution >= 4 is 45.0 Å². The number of rotatable bonds is 9. The van der Waals surface area contributed by atoms with Crippen LogP contribution in [-0.2, 0) is 10.0 Å². The summed E-state index contributed by atoms with van der Waals surface area (Å²) in [5, 5.41) is 9.96. The fourth-order valence-electron chi connectivity index (χ4n) is 5.14. The van der Waals surface area contributed by atoms with E-state index < -0.39 is 10.0 Å². The van der Waals surface area contributed by atoms with Gasteiger partial charge >= 0.3 is 0 Å². The molecule has 2 aromatic rings. The Balaban J connectivity index is 1.47. The molecule has 0 radical (unpaired) electrons. The summed E-state index contributed by atoms with van der Waals surface area (Å²) < 4.78 is 31.4. The molecular formula is C26H38ClN7O4S. The Morgan fingerprint density at radius 2 is 1.90 bits per heavy atom. The standard InChI is InChI=1S/C26H38ClN7O4S/c1-33-13-11-18(12-14-33)29-25(35)17-9-10-21(23(15-17)38-3)31-26-28-16-19(27)24(32-26)30-20-7-5-6-8-22(20)34(2)39(4,36)37/h9-10,15-16,18,20,22H,5-8,11-14H2,1-4H3,(H,29,35)(H2,28,30,31,32)/t20-,22-/m1/s1. The Kier molecular flexibility index (Phi) is 9.52. The number of sulfonamides is 1. The lowest BCUT2D eigenvalue weighted by Crippen LogP contribution is -2.49. The van der Waals surface area contributed by atoms with E-state index in [9.17, 15) is 13.2 Å². The van der Waals surface area contributed by atoms with E-state index in [2.05, 4.69) is 37.9 Å². The third-order valence-electron chi connectivity index (χ3n) is 7.55. The molecule has 1 aliphatic carbocycles. The molecule has 0 unspecified atom stereocenters. The Hall–Kier alpha value is -2.67. The summed E-state index contributed by atoms with van der Waals surface area (Å²) in [4.78, 5) is 24.0. The number of methoxy groups -OCH3 is 1. The van der Waals surface area contributed by atoms with Crippen LogP contribution in [0.4, 0.5) is 17.5 Å². The van der Waals surface area contributed by atoms with Gasteiger partial charge in [0, 0.05) is 30.7 Å². The lowest BCUT2D eigenvalue weighted by Gasteiger charge is -2.37. The fourth-order valence-corrected chi connectivity index (χ4v) is 6.03. The van der Waals surface area contributed by atoms with Crippen LogP contribution in [0.1, 0.15) is 48.9 Å². The molecule has 1 saturated heterocycles. The van der Waals surface area contributed by atoms with Crippen molar-refractivity contribution in [1.82, 2.24) is 24.5 Å². The van der Waals surface area contributed by atoms with E-state index in [0.717, 1.165) is 51.6 Å². The van der Waals surface area contributed by atoms with Crippen LogP contribution in [0.25, 0.3) is 0 Å². The minimum Gasteiger partial charge on any atom is -0.495 e. The maximum absolute atomic E-state index is 12.9. The van der Waals surface area contributed by atoms with Crippen molar-refractivity contribution in [3.63, 3.8) is 0 Å². The van der Waals surface area contributed by atoms with Crippen molar-refractivity contribution < 1.29 is 17.9 Å². The normalized spacial score (nSPS) is 21.0. The van der Waals surface area contributed by atoms with Crippen LogP contribution in [-0.4, -0.2) is 92.2 Å². The summed E-state index contributed by atoms with van der Waals surface area (Å²) in [7, 11) is 1.89. The first-order valence-electron chi connectivity index (χ1n) is 13.2. The first-order chi connectivity index (χ1) is 18.5. The third-order valence-corrected chi connectivity index (χ3v) is 9.14. The van der Waals surface area contributed by atoms with Gasteiger partial charge in [-0.25, -0.2) is 17.7 Å². The lowest BCUT2D eigenvalue weighted by molar-refractivity contribution is 0.0916. The molecule has 0 bridgehead atoms. The molecule has 1 amide bonds. The number of carbonyl (C=O) groups excluding carboxylic acids is 1. The number of ether oxygens (including phenoxy) is 1. The van der Waals surface area contributed by atoms with Gasteiger partial charge in [0.25, 0.3) is 5.91 Å². The molecule has 1 saturated carbocycles. The van der Waals surface area contributed by atoms with E-state index >= 15 is 0 Å². The van der Waals surface area contributed by atoms with E-state index in [0.29, 0.717) is 27.8 Å². The number of anilines is 3. The van der Waals surface area contributed by atoms with Gasteiger partial charge in [-0.15, -0.1) is 0 Å². The summed E-state index contributed by atoms with van der Waals surface area (Å²) >= 11 is 6.42. The first kappa shape index (κ1) is 29.3. The van der Waals surface area contributed by atoms with Crippen molar-refractivity contribution in [3.05, 3.63) is 35.0 Å². The molecule has 2 aliphatic rings. The smallest absolute Gasteiger partial charge is 0.251 e. The van der Waals surface area contributed by atoms with Crippen molar-refractivity contribution in [2.45, 2.75) is 56.7 Å². The highest BCUT2D eigenvalue weighted by Gasteiger charge is 2.33. The molecule has 3 N–H and O–H groups in total. The summed E-state index contributed by atoms with van der Waals surface area (Å²) in [5.74, 6) is 1.04. The zero-order valence-corrected chi connectivity index (χ0v) is 24.5. The van der Waals surface area contributed by atoms with Crippen molar-refractivity contribution in [2.24, 2.45) is 0 Å². The molecule has 13 heteroatoms. The van der Waals surface area contributed by atoms with Gasteiger partial charge in [0.15, 0.2) is 5.82 Å². The van der Waals surface area contributed by atoms with Crippen molar-refractivity contribution in [2.75, 3.05) is 51.2 Å². The van der Waals surface area contributed by atoms with Gasteiger partial charge in [0.05, 0.1) is 25.2 Å². The molecule has 2 heterocycles. The van der Waals surface area contributed by atoms with Gasteiger partial charge in [0.2, 0.25) is 16.0 Å². The summed E-state index contributed by atoms with van der Waals surface area (Å²) in [6.07, 6.45) is 8.05. The molecule has 39 heavy (non-hydrogen) atoms. The van der Waals surface area contributed by atoms with Crippen LogP contribution in [0.2, 0.25) is 5.02 Å². The molecule has 1 aromatic carbocycles. The second kappa shape index (κ2) is 12.7. The molecule has 1 aliphatic heterocycles. The average Bonchev–Trinajstić information content (AvgIpc) is 2.91. The molecule has 11 nitrogen and oxygen atoms in total. The van der Waals surface area contributed by atoms with E-state index in [4.69, 9.17) is 16.3 Å². The summed E-state index contributed by atoms with van der Waals surface area (Å²) in [6.45, 7) is 1.93. The zero-order chi connectivity index (χ0) is 28.2. The highest BCUT2D eigenvalue weighted by Crippen LogP contribution is 2.31. The van der Waals surface area contributed by atoms with E-state index in [1.165, 1.54) is 23.9 Å². The Labute approximate surface area is 235 Å². The van der Waals surface area contributed by atoms with Crippen molar-refractivity contribution in [3.8, 4) is 5.75 Å². The number of piperidine rings is 1. The van der Waals surface area contributed by atoms with Crippen molar-refractivity contribution in [1.29, 1.82) is 0 Å². The Morgan fingerprint density at radius 1 is 1.18 bits per heavy atom. The molecule has 2 fully saturated rings. The van der Waals surface area contributed by atoms with E-state index in [1.807, 2.05) is 0 Å². The van der Waals surface area contributed by atoms with Crippen LogP contribution < -0.4 is 20.7 Å². The van der Waals surface area contributed by atoms with Crippen LogP contribution in [0.5, 0.6) is 5.75 Å². The number of halogens is 1. The lowest BCUT2D eigenvalue weighted by atomic mass is 9.90. The molecule has 2 atom stereocenters. The SMILES string of the molecule is COc1cc(C(=O)NC2CCN(C)CC2)ccc1Nc1ncc(Cl)c(N[C@@H]2CCCC[C@H]2N(C)S(C)(=O)=O)n1. The van der Waals surface area contributed by atoms with Crippen LogP contribution in [0, 0.1) is 0 Å². The molecule has 0 spiro atoms. The predicted molar refractivity (Wildman–Crippen MR) is 154 cm³/mol. The maximum Gasteiger partial charge on any atom is 0.251 e. The van der Waals surface area contributed by atoms with Gasteiger partial charge in [-0.05, 0) is 64.0 Å². The Bertz CT molecular complexity index is 1270. The second-order valence-electron chi connectivity index (χ2n) is 10.4. The maximum atomic E-state index is 12.9. The molecule has 1 aromatic heterocycles. The minimum atomic E-state index is -3.34. The van der Waals surface area contributed by atoms with Gasteiger partial charge in [-0.2, -0.15) is 4.98 Å². The predicted octanol–water partition coefficient (Wildman–Crippen LogP) is 3.32. The number of nitrogens with zero attached hydrogens (tertiary/aromatic N) is 4. The number of nitrogens with one attached hydrogen (secondary N) is 3. The zero-order valence-electron chi connectivity index (χ0n) is 22.9. The van der Waals surface area contributed by atoms with Gasteiger partial charge in [-0.3, -0.25) is 4.79 Å². The minimum absolute atomic E-state index is 0.135. The number of likely N-dealkylation sites (N-methyl/N-ethyl adjacent to an activating group) is 1. The largest absolute Gasteiger partial charge is 0.495 e. The topological polar surface area (TPSA) is 129 Å². The molecule has 4 rings (SSSR count). The molecule has 214 valence electrons. The number of hydrogen-bond acceptors (Lipinski definition) is 9. The number of hydrogen-bond donors (Lipinski definition) is 3. The number of likely N-dealkylation sites (tertiary alicyclic amines) is 1. The Morgan fingerprint density at radius 3 is 2.59 bits per heavy atom. The monoisotopic (exact) mass is 579 g/mol. The van der Waals surface area contributed by atoms with Gasteiger partial charge in [0.1, 0.15) is 10.8 Å². The van der Waals surface area contributed by atoms with Gasteiger partial charge in [-0.1, -0.05) is 24.4 Å². The number of benzene rings is 1. The second-order valence-corrected chi connectivity index (χ2v) is 12.8. The first-order valence-corrected chi connectivity index (χ1v) is 15.4. The summed E-state index contributed by atoms with van der Waals surface area (Å²) in [6, 6.07) is 4.99. The van der Waals surface area contributed by atoms with Crippen LogP contribution >= 0.6 is 11.6 Å². The van der Waals surface area contributed by atoms with E-state index in [-0.39, 0.29) is 30.0 Å². The van der Waals surface area contributed by atoms with Crippen LogP contribution in [0.15, 0.2) is 24.4 Å². The summed E-state index contributed by atoms with van der Waals surface area (Å²) in [5.41, 5.74) is 1.10. The van der Waals surface area contributed by atoms with E-state index in [1.54, 1.807) is 25.2 Å². The van der Waals surface area contributed by atoms with Crippen LogP contribution in [0.3, 0.4) is 0 Å². The highest BCUT2D eigenvalue weighted by atomic mass is 35.5. The average molecular weight is 580 g/mol. The number of amides is 1. The van der Waals surface area contributed by atoms with Gasteiger partial charge < -0.3 is 25.6 Å². The third kappa shape index (κ3) is 7.50. The number of aromatic nitrogens is 2. The number of carbonyl (C=O) groups is 1. The highest BCUT2D eigenvalue weighted by molar-refractivity contribution is 7.88.